The average Bonchev–Trinajstić information content (AvgIpc) is 3.14. The Morgan fingerprint density at radius 3 is 2.63 bits per heavy atom. The Hall–Kier alpha value is -4.07. The number of aromatic nitrogens is 4. The maximum Gasteiger partial charge on any atom is 0.283 e. The van der Waals surface area contributed by atoms with Gasteiger partial charge in [-0.25, -0.2) is 14.4 Å². The lowest BCUT2D eigenvalue weighted by molar-refractivity contribution is -0.114. The number of benzene rings is 2. The first-order valence-corrected chi connectivity index (χ1v) is 9.06. The van der Waals surface area contributed by atoms with Crippen molar-refractivity contribution in [2.45, 2.75) is 0 Å². The van der Waals surface area contributed by atoms with Crippen molar-refractivity contribution in [2.24, 2.45) is 7.05 Å². The fraction of sp³-hybridized carbons (Fsp3) is 0.0909. The number of hydrogen-bond acceptors (Lipinski definition) is 5. The molecule has 4 rings (SSSR count). The zero-order valence-corrected chi connectivity index (χ0v) is 16.4. The largest absolute Gasteiger partial charge is 0.494 e. The van der Waals surface area contributed by atoms with Gasteiger partial charge in [0.1, 0.15) is 17.8 Å². The molecule has 0 saturated heterocycles. The predicted octanol–water partition coefficient (Wildman–Crippen LogP) is 4.13. The molecular formula is C22H18FN5O2. The van der Waals surface area contributed by atoms with Crippen molar-refractivity contribution in [1.82, 2.24) is 19.7 Å². The van der Waals surface area contributed by atoms with Crippen molar-refractivity contribution >= 4 is 22.5 Å². The van der Waals surface area contributed by atoms with Gasteiger partial charge in [-0.05, 0) is 6.07 Å². The zero-order chi connectivity index (χ0) is 21.3. The van der Waals surface area contributed by atoms with Crippen LogP contribution >= 0.6 is 0 Å². The summed E-state index contributed by atoms with van der Waals surface area (Å²) >= 11 is 0. The number of hydrogen-bond donors (Lipinski definition) is 1. The van der Waals surface area contributed by atoms with Crippen molar-refractivity contribution < 1.29 is 13.9 Å². The topological polar surface area (TPSA) is 81.9 Å². The van der Waals surface area contributed by atoms with Gasteiger partial charge in [0.15, 0.2) is 5.83 Å². The van der Waals surface area contributed by atoms with E-state index in [0.29, 0.717) is 22.3 Å². The molecule has 0 fully saturated rings. The molecule has 0 aliphatic rings. The molecule has 2 aromatic heterocycles. The number of ether oxygens (including phenoxy) is 1. The minimum absolute atomic E-state index is 0.287. The van der Waals surface area contributed by atoms with E-state index in [1.807, 2.05) is 43.6 Å². The molecule has 0 spiro atoms. The van der Waals surface area contributed by atoms with Crippen LogP contribution in [0.25, 0.3) is 33.4 Å². The fourth-order valence-corrected chi connectivity index (χ4v) is 3.23. The van der Waals surface area contributed by atoms with Crippen molar-refractivity contribution in [3.8, 4) is 28.3 Å². The second-order valence-corrected chi connectivity index (χ2v) is 6.58. The lowest BCUT2D eigenvalue weighted by atomic mass is 10.0. The van der Waals surface area contributed by atoms with Crippen molar-refractivity contribution in [1.29, 1.82) is 0 Å². The van der Waals surface area contributed by atoms with Gasteiger partial charge >= 0.3 is 0 Å². The molecule has 0 radical (unpaired) electrons. The first kappa shape index (κ1) is 19.3. The summed E-state index contributed by atoms with van der Waals surface area (Å²) in [7, 11) is 3.29. The van der Waals surface area contributed by atoms with E-state index in [1.54, 1.807) is 16.8 Å². The normalized spacial score (nSPS) is 10.8. The molecule has 2 aromatic carbocycles. The Labute approximate surface area is 171 Å². The van der Waals surface area contributed by atoms with E-state index in [9.17, 15) is 9.18 Å². The van der Waals surface area contributed by atoms with Crippen LogP contribution in [0.3, 0.4) is 0 Å². The summed E-state index contributed by atoms with van der Waals surface area (Å²) in [4.78, 5) is 20.6. The number of carbonyl (C=O) groups is 1. The Kier molecular flexibility index (Phi) is 4.97. The molecule has 1 amide bonds. The molecule has 30 heavy (non-hydrogen) atoms. The second kappa shape index (κ2) is 7.75. The molecule has 0 aliphatic carbocycles. The van der Waals surface area contributed by atoms with E-state index >= 15 is 0 Å². The van der Waals surface area contributed by atoms with Gasteiger partial charge < -0.3 is 10.1 Å². The van der Waals surface area contributed by atoms with E-state index in [-0.39, 0.29) is 5.69 Å². The van der Waals surface area contributed by atoms with Gasteiger partial charge in [-0.3, -0.25) is 9.48 Å². The van der Waals surface area contributed by atoms with Gasteiger partial charge in [0.25, 0.3) is 5.91 Å². The van der Waals surface area contributed by atoms with Gasteiger partial charge in [0.2, 0.25) is 0 Å². The maximum absolute atomic E-state index is 13.2. The highest BCUT2D eigenvalue weighted by Crippen LogP contribution is 2.37. The maximum atomic E-state index is 13.2. The number of rotatable bonds is 5. The third-order valence-electron chi connectivity index (χ3n) is 4.58. The summed E-state index contributed by atoms with van der Waals surface area (Å²) in [6.45, 7) is 3.03. The summed E-state index contributed by atoms with van der Waals surface area (Å²) in [5.74, 6) is -1.70. The lowest BCUT2D eigenvalue weighted by Crippen LogP contribution is -2.12. The van der Waals surface area contributed by atoms with Gasteiger partial charge in [-0.2, -0.15) is 5.10 Å². The zero-order valence-electron chi connectivity index (χ0n) is 16.4. The van der Waals surface area contributed by atoms with E-state index in [2.05, 4.69) is 27.0 Å². The van der Waals surface area contributed by atoms with Gasteiger partial charge in [-0.15, -0.1) is 0 Å². The van der Waals surface area contributed by atoms with Gasteiger partial charge in [0, 0.05) is 35.8 Å². The van der Waals surface area contributed by atoms with Crippen LogP contribution in [0.4, 0.5) is 10.1 Å². The molecule has 2 heterocycles. The highest BCUT2D eigenvalue weighted by atomic mass is 19.1. The monoisotopic (exact) mass is 403 g/mol. The average molecular weight is 403 g/mol. The Morgan fingerprint density at radius 2 is 1.93 bits per heavy atom. The van der Waals surface area contributed by atoms with Crippen molar-refractivity contribution in [3.05, 3.63) is 67.4 Å². The first-order valence-electron chi connectivity index (χ1n) is 9.06. The van der Waals surface area contributed by atoms with Crippen LogP contribution in [0.1, 0.15) is 0 Å². The minimum atomic E-state index is -1.10. The van der Waals surface area contributed by atoms with Crippen LogP contribution < -0.4 is 10.1 Å². The van der Waals surface area contributed by atoms with Crippen LogP contribution in [-0.4, -0.2) is 32.8 Å². The summed E-state index contributed by atoms with van der Waals surface area (Å²) in [6, 6.07) is 13.1. The van der Waals surface area contributed by atoms with Gasteiger partial charge in [-0.1, -0.05) is 36.9 Å². The Balaban J connectivity index is 1.93. The number of nitrogens with one attached hydrogen (secondary N) is 1. The van der Waals surface area contributed by atoms with Crippen molar-refractivity contribution in [2.75, 3.05) is 12.4 Å². The highest BCUT2D eigenvalue weighted by molar-refractivity contribution is 6.05. The van der Waals surface area contributed by atoms with E-state index in [0.717, 1.165) is 16.8 Å². The number of amides is 1. The molecule has 8 heteroatoms. The molecule has 0 aliphatic heterocycles. The number of nitrogens with zero attached hydrogens (tertiary/aromatic N) is 4. The highest BCUT2D eigenvalue weighted by Gasteiger charge is 2.19. The quantitative estimate of drug-likeness (QED) is 0.507. The van der Waals surface area contributed by atoms with Crippen LogP contribution in [0.2, 0.25) is 0 Å². The molecule has 4 aromatic rings. The summed E-state index contributed by atoms with van der Waals surface area (Å²) in [6.07, 6.45) is 3.33. The number of anilines is 1. The molecule has 0 saturated carbocycles. The third kappa shape index (κ3) is 3.50. The molecule has 1 N–H and O–H groups in total. The summed E-state index contributed by atoms with van der Waals surface area (Å²) in [5, 5.41) is 7.72. The molecule has 0 atom stereocenters. The molecule has 0 bridgehead atoms. The molecule has 7 nitrogen and oxygen atoms in total. The fourth-order valence-electron chi connectivity index (χ4n) is 3.23. The third-order valence-corrected chi connectivity index (χ3v) is 4.58. The number of halogens is 1. The Bertz CT molecular complexity index is 1270. The standard InChI is InChI=1S/C22H18FN5O2/c1-13(23)22(29)26-18-9-15-17(10-19(18)30-3)24-12-25-21(15)16-11-28(2)27-20(16)14-7-5-4-6-8-14/h4-12H,1H2,2-3H3,(H,26,29). The first-order chi connectivity index (χ1) is 14.5. The smallest absolute Gasteiger partial charge is 0.283 e. The molecule has 150 valence electrons. The van der Waals surface area contributed by atoms with E-state index in [4.69, 9.17) is 4.74 Å². The summed E-state index contributed by atoms with van der Waals surface area (Å²) < 4.78 is 20.3. The number of aryl methyl sites for hydroxylation is 1. The van der Waals surface area contributed by atoms with Crippen LogP contribution in [-0.2, 0) is 11.8 Å². The number of carbonyl (C=O) groups excluding carboxylic acids is 1. The second-order valence-electron chi connectivity index (χ2n) is 6.58. The molecular weight excluding hydrogens is 385 g/mol. The Morgan fingerprint density at radius 1 is 1.17 bits per heavy atom. The van der Waals surface area contributed by atoms with Crippen LogP contribution in [0, 0.1) is 0 Å². The lowest BCUT2D eigenvalue weighted by Gasteiger charge is -2.12. The number of fused-ring (bicyclic) bond motifs is 1. The minimum Gasteiger partial charge on any atom is -0.494 e. The van der Waals surface area contributed by atoms with Crippen molar-refractivity contribution in [3.63, 3.8) is 0 Å². The molecule has 0 unspecified atom stereocenters. The number of methoxy groups -OCH3 is 1. The van der Waals surface area contributed by atoms with Gasteiger partial charge in [0.05, 0.1) is 24.0 Å². The SMILES string of the molecule is C=C(F)C(=O)Nc1cc2c(-c3cn(C)nc3-c3ccccc3)ncnc2cc1OC. The van der Waals surface area contributed by atoms with E-state index < -0.39 is 11.7 Å². The predicted molar refractivity (Wildman–Crippen MR) is 113 cm³/mol. The van der Waals surface area contributed by atoms with Crippen LogP contribution in [0.5, 0.6) is 5.75 Å². The van der Waals surface area contributed by atoms with E-state index in [1.165, 1.54) is 13.4 Å². The van der Waals surface area contributed by atoms with Crippen LogP contribution in [0.15, 0.2) is 67.4 Å². The summed E-state index contributed by atoms with van der Waals surface area (Å²) in [5.41, 5.74) is 4.02.